The topological polar surface area (TPSA) is 34.1 Å². The van der Waals surface area contributed by atoms with Gasteiger partial charge in [0, 0.05) is 5.88 Å². The van der Waals surface area contributed by atoms with E-state index in [1.165, 1.54) is 0 Å². The van der Waals surface area contributed by atoms with E-state index < -0.39 is 9.84 Å². The third-order valence-electron chi connectivity index (χ3n) is 3.13. The van der Waals surface area contributed by atoms with Gasteiger partial charge in [0.1, 0.15) is 0 Å². The van der Waals surface area contributed by atoms with Crippen molar-refractivity contribution in [1.29, 1.82) is 0 Å². The average Bonchev–Trinajstić information content (AvgIpc) is 2.32. The van der Waals surface area contributed by atoms with Gasteiger partial charge < -0.3 is 0 Å². The Kier molecular flexibility index (Phi) is 6.16. The summed E-state index contributed by atoms with van der Waals surface area (Å²) in [6.07, 6.45) is 3.61. The molecule has 1 rings (SSSR count). The van der Waals surface area contributed by atoms with Crippen molar-refractivity contribution in [2.75, 3.05) is 11.6 Å². The predicted molar refractivity (Wildman–Crippen MR) is 77.2 cm³/mol. The van der Waals surface area contributed by atoms with Crippen molar-refractivity contribution in [2.24, 2.45) is 0 Å². The van der Waals surface area contributed by atoms with Crippen molar-refractivity contribution in [3.8, 4) is 0 Å². The van der Waals surface area contributed by atoms with Gasteiger partial charge in [-0.15, -0.1) is 11.6 Å². The quantitative estimate of drug-likeness (QED) is 0.564. The molecule has 1 aromatic carbocycles. The van der Waals surface area contributed by atoms with Crippen LogP contribution in [0.2, 0.25) is 0 Å². The largest absolute Gasteiger partial charge is 0.224 e. The van der Waals surface area contributed by atoms with Crippen LogP contribution in [0, 0.1) is 13.8 Å². The van der Waals surface area contributed by atoms with Crippen LogP contribution >= 0.6 is 11.6 Å². The zero-order chi connectivity index (χ0) is 13.6. The highest BCUT2D eigenvalue weighted by atomic mass is 35.5. The first-order valence-electron chi connectivity index (χ1n) is 6.33. The molecule has 0 saturated heterocycles. The summed E-state index contributed by atoms with van der Waals surface area (Å²) in [6.45, 7) is 3.92. The molecule has 18 heavy (non-hydrogen) atoms. The zero-order valence-corrected chi connectivity index (χ0v) is 12.6. The van der Waals surface area contributed by atoms with E-state index in [1.54, 1.807) is 12.1 Å². The smallest absolute Gasteiger partial charge is 0.178 e. The second-order valence-corrected chi connectivity index (χ2v) is 7.16. The summed E-state index contributed by atoms with van der Waals surface area (Å²) in [4.78, 5) is 0.447. The highest BCUT2D eigenvalue weighted by Gasteiger charge is 2.14. The molecule has 0 amide bonds. The summed E-state index contributed by atoms with van der Waals surface area (Å²) in [5, 5.41) is 0. The summed E-state index contributed by atoms with van der Waals surface area (Å²) in [7, 11) is -3.12. The average molecular weight is 289 g/mol. The third kappa shape index (κ3) is 4.62. The van der Waals surface area contributed by atoms with Gasteiger partial charge in [0.2, 0.25) is 0 Å². The minimum atomic E-state index is -3.12. The van der Waals surface area contributed by atoms with Crippen LogP contribution < -0.4 is 0 Å². The molecule has 0 N–H and O–H groups in total. The van der Waals surface area contributed by atoms with Gasteiger partial charge in [-0.2, -0.15) is 0 Å². The summed E-state index contributed by atoms with van der Waals surface area (Å²) in [6, 6.07) is 5.34. The first-order chi connectivity index (χ1) is 8.47. The van der Waals surface area contributed by atoms with E-state index in [1.807, 2.05) is 19.9 Å². The van der Waals surface area contributed by atoms with Crippen LogP contribution in [0.4, 0.5) is 0 Å². The monoisotopic (exact) mass is 288 g/mol. The van der Waals surface area contributed by atoms with Crippen LogP contribution in [0.5, 0.6) is 0 Å². The summed E-state index contributed by atoms with van der Waals surface area (Å²) in [5.41, 5.74) is 2.15. The molecular formula is C14H21ClO2S. The Bertz CT molecular complexity index is 481. The molecule has 0 spiro atoms. The number of benzene rings is 1. The Balaban J connectivity index is 2.60. The number of alkyl halides is 1. The van der Waals surface area contributed by atoms with Gasteiger partial charge in [0.05, 0.1) is 10.6 Å². The SMILES string of the molecule is Cc1ccc(S(=O)(=O)CCCCCCCl)cc1C. The highest BCUT2D eigenvalue weighted by Crippen LogP contribution is 2.17. The van der Waals surface area contributed by atoms with E-state index in [-0.39, 0.29) is 5.75 Å². The number of hydrogen-bond donors (Lipinski definition) is 0. The maximum Gasteiger partial charge on any atom is 0.178 e. The van der Waals surface area contributed by atoms with Gasteiger partial charge in [-0.05, 0) is 49.9 Å². The minimum Gasteiger partial charge on any atom is -0.224 e. The first-order valence-corrected chi connectivity index (χ1v) is 8.52. The maximum absolute atomic E-state index is 12.1. The van der Waals surface area contributed by atoms with Crippen molar-refractivity contribution < 1.29 is 8.42 Å². The van der Waals surface area contributed by atoms with Crippen LogP contribution in [0.1, 0.15) is 36.8 Å². The first kappa shape index (κ1) is 15.5. The van der Waals surface area contributed by atoms with Gasteiger partial charge in [-0.25, -0.2) is 8.42 Å². The minimum absolute atomic E-state index is 0.234. The van der Waals surface area contributed by atoms with Crippen LogP contribution in [0.3, 0.4) is 0 Å². The van der Waals surface area contributed by atoms with Gasteiger partial charge in [-0.1, -0.05) is 18.9 Å². The van der Waals surface area contributed by atoms with E-state index in [9.17, 15) is 8.42 Å². The van der Waals surface area contributed by atoms with Crippen molar-refractivity contribution in [3.05, 3.63) is 29.3 Å². The molecule has 0 radical (unpaired) electrons. The number of hydrogen-bond acceptors (Lipinski definition) is 2. The standard InChI is InChI=1S/C14H21ClO2S/c1-12-7-8-14(11-13(12)2)18(16,17)10-6-4-3-5-9-15/h7-8,11H,3-6,9-10H2,1-2H3. The molecule has 0 atom stereocenters. The fourth-order valence-corrected chi connectivity index (χ4v) is 3.41. The lowest BCUT2D eigenvalue weighted by atomic mass is 10.1. The molecule has 0 saturated carbocycles. The van der Waals surface area contributed by atoms with E-state index in [0.29, 0.717) is 17.2 Å². The molecule has 0 aliphatic carbocycles. The fourth-order valence-electron chi connectivity index (χ4n) is 1.77. The molecule has 4 heteroatoms. The molecule has 0 fully saturated rings. The number of rotatable bonds is 7. The van der Waals surface area contributed by atoms with Crippen LogP contribution in [0.15, 0.2) is 23.1 Å². The molecule has 0 aliphatic heterocycles. The van der Waals surface area contributed by atoms with Crippen LogP contribution in [-0.2, 0) is 9.84 Å². The third-order valence-corrected chi connectivity index (χ3v) is 5.20. The number of halogens is 1. The fraction of sp³-hybridized carbons (Fsp3) is 0.571. The molecule has 0 heterocycles. The van der Waals surface area contributed by atoms with Crippen molar-refractivity contribution in [1.82, 2.24) is 0 Å². The lowest BCUT2D eigenvalue weighted by molar-refractivity contribution is 0.589. The molecule has 0 unspecified atom stereocenters. The van der Waals surface area contributed by atoms with Gasteiger partial charge in [-0.3, -0.25) is 0 Å². The molecule has 0 aromatic heterocycles. The Morgan fingerprint density at radius 1 is 1.00 bits per heavy atom. The Labute approximate surface area is 115 Å². The normalized spacial score (nSPS) is 11.7. The van der Waals surface area contributed by atoms with Gasteiger partial charge in [0.25, 0.3) is 0 Å². The number of sulfone groups is 1. The Hall–Kier alpha value is -0.540. The van der Waals surface area contributed by atoms with Crippen molar-refractivity contribution in [2.45, 2.75) is 44.4 Å². The predicted octanol–water partition coefficient (Wildman–Crippen LogP) is 3.88. The van der Waals surface area contributed by atoms with E-state index in [4.69, 9.17) is 11.6 Å². The van der Waals surface area contributed by atoms with E-state index >= 15 is 0 Å². The molecule has 1 aromatic rings. The molecule has 0 aliphatic rings. The number of unbranched alkanes of at least 4 members (excludes halogenated alkanes) is 3. The maximum atomic E-state index is 12.1. The summed E-state index contributed by atoms with van der Waals surface area (Å²) in [5.74, 6) is 0.891. The van der Waals surface area contributed by atoms with E-state index in [2.05, 4.69) is 0 Å². The molecular weight excluding hydrogens is 268 g/mol. The van der Waals surface area contributed by atoms with Gasteiger partial charge in [0.15, 0.2) is 9.84 Å². The Morgan fingerprint density at radius 3 is 2.28 bits per heavy atom. The summed E-state index contributed by atoms with van der Waals surface area (Å²) < 4.78 is 24.2. The van der Waals surface area contributed by atoms with Gasteiger partial charge >= 0.3 is 0 Å². The van der Waals surface area contributed by atoms with Crippen LogP contribution in [0.25, 0.3) is 0 Å². The highest BCUT2D eigenvalue weighted by molar-refractivity contribution is 7.91. The lowest BCUT2D eigenvalue weighted by Gasteiger charge is -2.07. The number of aryl methyl sites for hydroxylation is 2. The zero-order valence-electron chi connectivity index (χ0n) is 11.1. The summed E-state index contributed by atoms with van der Waals surface area (Å²) >= 11 is 5.58. The van der Waals surface area contributed by atoms with Crippen LogP contribution in [-0.4, -0.2) is 20.1 Å². The lowest BCUT2D eigenvalue weighted by Crippen LogP contribution is -2.07. The Morgan fingerprint density at radius 2 is 1.67 bits per heavy atom. The van der Waals surface area contributed by atoms with Crippen molar-refractivity contribution >= 4 is 21.4 Å². The second kappa shape index (κ2) is 7.15. The molecule has 102 valence electrons. The molecule has 2 nitrogen and oxygen atoms in total. The van der Waals surface area contributed by atoms with Crippen molar-refractivity contribution in [3.63, 3.8) is 0 Å². The second-order valence-electron chi connectivity index (χ2n) is 4.67. The van der Waals surface area contributed by atoms with E-state index in [0.717, 1.165) is 30.4 Å². The molecule has 0 bridgehead atoms.